The van der Waals surface area contributed by atoms with Gasteiger partial charge in [0.15, 0.2) is 6.29 Å². The lowest BCUT2D eigenvalue weighted by atomic mass is 9.33. The van der Waals surface area contributed by atoms with E-state index in [0.717, 1.165) is 44.9 Å². The molecule has 8 N–H and O–H groups in total. The predicted molar refractivity (Wildman–Crippen MR) is 193 cm³/mol. The zero-order chi connectivity index (χ0) is 39.4. The Labute approximate surface area is 319 Å². The summed E-state index contributed by atoms with van der Waals surface area (Å²) >= 11 is 0. The maximum Gasteiger partial charge on any atom is 0.315 e. The number of carbonyl (C=O) groups is 1. The average Bonchev–Trinajstić information content (AvgIpc) is 3.40. The van der Waals surface area contributed by atoms with Crippen LogP contribution >= 0.6 is 0 Å². The van der Waals surface area contributed by atoms with E-state index in [1.165, 1.54) is 5.57 Å². The van der Waals surface area contributed by atoms with Gasteiger partial charge in [-0.15, -0.1) is 0 Å². The summed E-state index contributed by atoms with van der Waals surface area (Å²) in [5.74, 6) is -0.191. The molecular formula is C41H66O13. The summed E-state index contributed by atoms with van der Waals surface area (Å²) in [4.78, 5) is 14.5. The Morgan fingerprint density at radius 2 is 1.35 bits per heavy atom. The molecule has 2 aliphatic heterocycles. The van der Waals surface area contributed by atoms with E-state index in [1.807, 2.05) is 0 Å². The van der Waals surface area contributed by atoms with Gasteiger partial charge in [0.2, 0.25) is 6.29 Å². The van der Waals surface area contributed by atoms with Crippen LogP contribution in [0.4, 0.5) is 0 Å². The first kappa shape index (κ1) is 40.9. The maximum absolute atomic E-state index is 14.5. The number of hydrogen-bond acceptors (Lipinski definition) is 13. The van der Waals surface area contributed by atoms with E-state index in [2.05, 4.69) is 47.6 Å². The van der Waals surface area contributed by atoms with Crippen molar-refractivity contribution in [1.29, 1.82) is 0 Å². The number of hydrogen-bond donors (Lipinski definition) is 8. The number of ether oxygens (including phenoxy) is 4. The molecule has 4 saturated carbocycles. The van der Waals surface area contributed by atoms with E-state index in [-0.39, 0.29) is 46.0 Å². The molecule has 0 unspecified atom stereocenters. The van der Waals surface area contributed by atoms with Gasteiger partial charge in [0.25, 0.3) is 0 Å². The van der Waals surface area contributed by atoms with Gasteiger partial charge in [-0.25, -0.2) is 0 Å². The number of aliphatic hydroxyl groups is 8. The van der Waals surface area contributed by atoms with Crippen LogP contribution in [0.1, 0.15) is 106 Å². The summed E-state index contributed by atoms with van der Waals surface area (Å²) in [5.41, 5.74) is -0.722. The molecule has 308 valence electrons. The molecule has 7 aliphatic rings. The minimum atomic E-state index is -1.66. The quantitative estimate of drug-likeness (QED) is 0.138. The second-order valence-electron chi connectivity index (χ2n) is 20.0. The van der Waals surface area contributed by atoms with Crippen LogP contribution in [0.25, 0.3) is 0 Å². The lowest BCUT2D eigenvalue weighted by Crippen LogP contribution is -2.66. The van der Waals surface area contributed by atoms with Crippen molar-refractivity contribution < 1.29 is 64.6 Å². The molecule has 0 aromatic rings. The van der Waals surface area contributed by atoms with Gasteiger partial charge in [-0.2, -0.15) is 0 Å². The Morgan fingerprint density at radius 3 is 2.00 bits per heavy atom. The third-order valence-electron chi connectivity index (χ3n) is 17.0. The molecule has 13 nitrogen and oxygen atoms in total. The first-order valence-electron chi connectivity index (χ1n) is 20.4. The zero-order valence-corrected chi connectivity index (χ0v) is 32.9. The topological polar surface area (TPSA) is 216 Å². The highest BCUT2D eigenvalue weighted by Crippen LogP contribution is 2.76. The fourth-order valence-corrected chi connectivity index (χ4v) is 13.4. The summed E-state index contributed by atoms with van der Waals surface area (Å²) in [6.07, 6.45) is -2.46. The van der Waals surface area contributed by atoms with Crippen molar-refractivity contribution >= 4 is 5.97 Å². The number of esters is 1. The van der Waals surface area contributed by atoms with Gasteiger partial charge >= 0.3 is 5.97 Å². The zero-order valence-electron chi connectivity index (χ0n) is 32.9. The van der Waals surface area contributed by atoms with Crippen molar-refractivity contribution in [2.24, 2.45) is 50.2 Å². The minimum Gasteiger partial charge on any atom is -0.432 e. The van der Waals surface area contributed by atoms with Gasteiger partial charge in [0.1, 0.15) is 42.7 Å². The molecule has 7 rings (SSSR count). The second kappa shape index (κ2) is 14.0. The Kier molecular flexibility index (Phi) is 10.6. The summed E-state index contributed by atoms with van der Waals surface area (Å²) in [7, 11) is 0. The van der Waals surface area contributed by atoms with Gasteiger partial charge in [0, 0.05) is 5.41 Å². The SMILES string of the molecule is CC1(C)CC[C@]2(C(=O)O[C@@H]3O[C@H](CO)[C@@H](O)[C@H](O)[C@H]3O)CC[C@]3(C)C(=CC[C@@H]4[C@@]5(C)CC[C@H](O[C@H]6O[C@H](CO)[C@@H](O)[C@@H]6O)[C@@](C)(CO)[C@@H]5CC[C@]43C)[C@@H]2C1. The molecule has 18 atom stereocenters. The summed E-state index contributed by atoms with van der Waals surface area (Å²) in [6.45, 7) is 12.7. The van der Waals surface area contributed by atoms with Gasteiger partial charge in [-0.3, -0.25) is 4.79 Å². The van der Waals surface area contributed by atoms with Crippen molar-refractivity contribution in [3.05, 3.63) is 11.6 Å². The molecule has 0 aromatic heterocycles. The smallest absolute Gasteiger partial charge is 0.315 e. The minimum absolute atomic E-state index is 0.0246. The Balaban J connectivity index is 1.18. The van der Waals surface area contributed by atoms with Crippen molar-refractivity contribution in [2.45, 2.75) is 167 Å². The normalized spacial score (nSPS) is 54.0. The number of aliphatic hydroxyl groups excluding tert-OH is 8. The summed E-state index contributed by atoms with van der Waals surface area (Å²) < 4.78 is 23.7. The molecule has 2 saturated heterocycles. The van der Waals surface area contributed by atoms with Crippen LogP contribution < -0.4 is 0 Å². The number of allylic oxidation sites excluding steroid dienone is 2. The number of rotatable bonds is 7. The molecule has 6 fully saturated rings. The molecule has 0 bridgehead atoms. The number of carbonyl (C=O) groups excluding carboxylic acids is 1. The van der Waals surface area contributed by atoms with Crippen LogP contribution in [0.15, 0.2) is 11.6 Å². The van der Waals surface area contributed by atoms with Crippen LogP contribution in [-0.4, -0.2) is 128 Å². The predicted octanol–water partition coefficient (Wildman–Crippen LogP) is 1.93. The van der Waals surface area contributed by atoms with Crippen molar-refractivity contribution in [2.75, 3.05) is 19.8 Å². The van der Waals surface area contributed by atoms with Crippen LogP contribution in [0.5, 0.6) is 0 Å². The van der Waals surface area contributed by atoms with Crippen LogP contribution in [0.3, 0.4) is 0 Å². The van der Waals surface area contributed by atoms with Crippen molar-refractivity contribution in [3.63, 3.8) is 0 Å². The monoisotopic (exact) mass is 766 g/mol. The molecule has 2 heterocycles. The molecule has 0 spiro atoms. The largest absolute Gasteiger partial charge is 0.432 e. The first-order chi connectivity index (χ1) is 25.3. The van der Waals surface area contributed by atoms with E-state index in [4.69, 9.17) is 18.9 Å². The molecular weight excluding hydrogens is 700 g/mol. The van der Waals surface area contributed by atoms with E-state index in [9.17, 15) is 45.6 Å². The molecule has 0 radical (unpaired) electrons. The Bertz CT molecular complexity index is 1450. The third-order valence-corrected chi connectivity index (χ3v) is 17.0. The highest BCUT2D eigenvalue weighted by molar-refractivity contribution is 5.79. The third kappa shape index (κ3) is 5.84. The van der Waals surface area contributed by atoms with Crippen LogP contribution in [0, 0.1) is 50.2 Å². The van der Waals surface area contributed by atoms with E-state index in [0.29, 0.717) is 19.3 Å². The standard InChI is InChI=1S/C41H66O13/c1-36(2)13-15-41(35(50)54-34-32(49)30(47)28(45)23(18-42)52-34)16-14-39(5)21(22(41)17-36)7-8-26-37(3)11-10-27(53-33-31(48)29(46)24(19-43)51-33)38(4,20-44)25(37)9-12-40(26,39)6/h7,22-34,42-49H,8-20H2,1-6H3/t22-,23+,24+,25+,26+,27-,28+,29+,30-,31-,32+,33+,34-,37-,38-,39+,40+,41-/m0/s1. The van der Waals surface area contributed by atoms with Gasteiger partial charge in [-0.1, -0.05) is 53.2 Å². The fourth-order valence-electron chi connectivity index (χ4n) is 13.4. The first-order valence-corrected chi connectivity index (χ1v) is 20.4. The Hall–Kier alpha value is -1.23. The fraction of sp³-hybridized carbons (Fsp3) is 0.927. The van der Waals surface area contributed by atoms with Crippen molar-refractivity contribution in [3.8, 4) is 0 Å². The second-order valence-corrected chi connectivity index (χ2v) is 20.0. The molecule has 5 aliphatic carbocycles. The lowest BCUT2D eigenvalue weighted by molar-refractivity contribution is -0.297. The van der Waals surface area contributed by atoms with Gasteiger partial charge in [0.05, 0.1) is 31.3 Å². The highest BCUT2D eigenvalue weighted by atomic mass is 16.7. The maximum atomic E-state index is 14.5. The van der Waals surface area contributed by atoms with Gasteiger partial charge in [-0.05, 0) is 104 Å². The average molecular weight is 767 g/mol. The summed E-state index contributed by atoms with van der Waals surface area (Å²) in [6, 6.07) is 0. The number of fused-ring (bicyclic) bond motifs is 7. The molecule has 13 heteroatoms. The molecule has 54 heavy (non-hydrogen) atoms. The van der Waals surface area contributed by atoms with E-state index in [1.54, 1.807) is 0 Å². The molecule has 0 amide bonds. The van der Waals surface area contributed by atoms with E-state index < -0.39 is 91.4 Å². The summed E-state index contributed by atoms with van der Waals surface area (Å²) in [5, 5.41) is 83.1. The Morgan fingerprint density at radius 1 is 0.741 bits per heavy atom. The van der Waals surface area contributed by atoms with E-state index >= 15 is 0 Å². The highest BCUT2D eigenvalue weighted by Gasteiger charge is 2.70. The van der Waals surface area contributed by atoms with Gasteiger partial charge < -0.3 is 59.8 Å². The molecule has 0 aromatic carbocycles. The van der Waals surface area contributed by atoms with Crippen LogP contribution in [-0.2, 0) is 23.7 Å². The lowest BCUT2D eigenvalue weighted by Gasteiger charge is -2.71. The van der Waals surface area contributed by atoms with Crippen molar-refractivity contribution in [1.82, 2.24) is 0 Å². The van der Waals surface area contributed by atoms with Crippen LogP contribution in [0.2, 0.25) is 0 Å².